The Labute approximate surface area is 182 Å². The second-order valence-electron chi connectivity index (χ2n) is 8.27. The molecule has 5 nitrogen and oxygen atoms in total. The molecule has 30 heavy (non-hydrogen) atoms. The molecule has 6 heteroatoms. The van der Waals surface area contributed by atoms with Gasteiger partial charge in [-0.25, -0.2) is 0 Å². The van der Waals surface area contributed by atoms with Crippen LogP contribution in [-0.4, -0.2) is 54.4 Å². The molecule has 0 bridgehead atoms. The zero-order chi connectivity index (χ0) is 20.8. The topological polar surface area (TPSA) is 49.9 Å². The number of hydrogen-bond acceptors (Lipinski definition) is 4. The minimum absolute atomic E-state index is 0.126. The van der Waals surface area contributed by atoms with Gasteiger partial charge in [0.15, 0.2) is 0 Å². The first kappa shape index (κ1) is 20.9. The molecule has 2 amide bonds. The van der Waals surface area contributed by atoms with Gasteiger partial charge in [0.2, 0.25) is 5.91 Å². The average Bonchev–Trinajstić information content (AvgIpc) is 3.31. The minimum atomic E-state index is 0.126. The fraction of sp³-hybridized carbons (Fsp3) is 0.500. The van der Waals surface area contributed by atoms with Crippen LogP contribution in [0.25, 0.3) is 0 Å². The van der Waals surface area contributed by atoms with Crippen LogP contribution in [-0.2, 0) is 11.2 Å². The van der Waals surface area contributed by atoms with Crippen LogP contribution in [0, 0.1) is 5.92 Å². The molecular formula is C24H30N2O3S. The Hall–Kier alpha value is -2.34. The molecule has 2 aliphatic heterocycles. The van der Waals surface area contributed by atoms with E-state index < -0.39 is 0 Å². The van der Waals surface area contributed by atoms with Crippen LogP contribution in [0.4, 0.5) is 0 Å². The van der Waals surface area contributed by atoms with Gasteiger partial charge in [0.25, 0.3) is 5.91 Å². The average molecular weight is 427 g/mol. The molecule has 0 unspecified atom stereocenters. The summed E-state index contributed by atoms with van der Waals surface area (Å²) in [5.74, 6) is 1.62. The Balaban J connectivity index is 1.20. The zero-order valence-corrected chi connectivity index (χ0v) is 18.2. The standard InChI is InChI=1S/C24H30N2O3S/c27-23(17-22-5-4-16-30-22)25-14-10-19(11-15-25)18-29-21-8-6-20(7-9-21)24(28)26-12-2-1-3-13-26/h4-9,16,19H,1-3,10-15,17-18H2. The van der Waals surface area contributed by atoms with Crippen molar-refractivity contribution in [1.29, 1.82) is 0 Å². The van der Waals surface area contributed by atoms with E-state index in [4.69, 9.17) is 4.74 Å². The van der Waals surface area contributed by atoms with Crippen molar-refractivity contribution in [3.05, 3.63) is 52.2 Å². The van der Waals surface area contributed by atoms with Crippen LogP contribution >= 0.6 is 11.3 Å². The molecule has 1 aromatic heterocycles. The van der Waals surface area contributed by atoms with Crippen molar-refractivity contribution in [3.8, 4) is 5.75 Å². The number of ether oxygens (including phenoxy) is 1. The summed E-state index contributed by atoms with van der Waals surface area (Å²) >= 11 is 1.64. The van der Waals surface area contributed by atoms with Gasteiger partial charge in [0.05, 0.1) is 13.0 Å². The van der Waals surface area contributed by atoms with E-state index in [2.05, 4.69) is 0 Å². The minimum Gasteiger partial charge on any atom is -0.493 e. The second kappa shape index (κ2) is 10.1. The molecule has 0 aliphatic carbocycles. The van der Waals surface area contributed by atoms with Gasteiger partial charge in [-0.1, -0.05) is 6.07 Å². The molecule has 3 heterocycles. The predicted molar refractivity (Wildman–Crippen MR) is 119 cm³/mol. The number of piperidine rings is 2. The number of likely N-dealkylation sites (tertiary alicyclic amines) is 2. The molecule has 2 saturated heterocycles. The van der Waals surface area contributed by atoms with Crippen molar-refractivity contribution in [1.82, 2.24) is 9.80 Å². The first-order valence-corrected chi connectivity index (χ1v) is 11.9. The molecule has 2 fully saturated rings. The highest BCUT2D eigenvalue weighted by Gasteiger charge is 2.23. The number of amides is 2. The van der Waals surface area contributed by atoms with Gasteiger partial charge in [0.1, 0.15) is 5.75 Å². The maximum absolute atomic E-state index is 12.6. The lowest BCUT2D eigenvalue weighted by molar-refractivity contribution is -0.131. The van der Waals surface area contributed by atoms with Gasteiger partial charge in [0, 0.05) is 36.6 Å². The van der Waals surface area contributed by atoms with E-state index in [1.165, 1.54) is 6.42 Å². The Morgan fingerprint density at radius 1 is 0.933 bits per heavy atom. The van der Waals surface area contributed by atoms with Crippen LogP contribution in [0.5, 0.6) is 5.75 Å². The Kier molecular flexibility index (Phi) is 7.05. The first-order valence-electron chi connectivity index (χ1n) is 11.0. The van der Waals surface area contributed by atoms with E-state index in [1.54, 1.807) is 11.3 Å². The fourth-order valence-corrected chi connectivity index (χ4v) is 4.91. The van der Waals surface area contributed by atoms with Crippen LogP contribution in [0.3, 0.4) is 0 Å². The van der Waals surface area contributed by atoms with Gasteiger partial charge in [-0.2, -0.15) is 0 Å². The van der Waals surface area contributed by atoms with Gasteiger partial charge in [-0.15, -0.1) is 11.3 Å². The van der Waals surface area contributed by atoms with E-state index in [-0.39, 0.29) is 11.8 Å². The maximum Gasteiger partial charge on any atom is 0.253 e. The molecule has 1 aromatic carbocycles. The number of thiophene rings is 1. The van der Waals surface area contributed by atoms with Crippen molar-refractivity contribution >= 4 is 23.2 Å². The number of carbonyl (C=O) groups excluding carboxylic acids is 2. The highest BCUT2D eigenvalue weighted by atomic mass is 32.1. The van der Waals surface area contributed by atoms with E-state index in [1.807, 2.05) is 51.6 Å². The van der Waals surface area contributed by atoms with Gasteiger partial charge in [-0.05, 0) is 73.7 Å². The number of carbonyl (C=O) groups is 2. The lowest BCUT2D eigenvalue weighted by Gasteiger charge is -2.32. The quantitative estimate of drug-likeness (QED) is 0.694. The second-order valence-corrected chi connectivity index (χ2v) is 9.30. The summed E-state index contributed by atoms with van der Waals surface area (Å²) in [5.41, 5.74) is 0.738. The molecular weight excluding hydrogens is 396 g/mol. The normalized spacial score (nSPS) is 17.7. The van der Waals surface area contributed by atoms with E-state index in [9.17, 15) is 9.59 Å². The summed E-state index contributed by atoms with van der Waals surface area (Å²) in [4.78, 5) is 30.0. The van der Waals surface area contributed by atoms with E-state index in [0.717, 1.165) is 68.1 Å². The zero-order valence-electron chi connectivity index (χ0n) is 17.4. The third kappa shape index (κ3) is 5.42. The molecule has 0 spiro atoms. The number of hydrogen-bond donors (Lipinski definition) is 0. The maximum atomic E-state index is 12.6. The third-order valence-electron chi connectivity index (χ3n) is 6.10. The van der Waals surface area contributed by atoms with E-state index >= 15 is 0 Å². The molecule has 160 valence electrons. The lowest BCUT2D eigenvalue weighted by Crippen LogP contribution is -2.40. The van der Waals surface area contributed by atoms with Crippen molar-refractivity contribution in [2.75, 3.05) is 32.8 Å². The molecule has 0 atom stereocenters. The SMILES string of the molecule is O=C(Cc1cccs1)N1CCC(COc2ccc(C(=O)N3CCCCC3)cc2)CC1. The Morgan fingerprint density at radius 3 is 2.33 bits per heavy atom. The van der Waals surface area contributed by atoms with Gasteiger partial charge < -0.3 is 14.5 Å². The molecule has 2 aromatic rings. The Bertz CT molecular complexity index is 821. The molecule has 2 aliphatic rings. The van der Waals surface area contributed by atoms with Crippen molar-refractivity contribution in [3.63, 3.8) is 0 Å². The molecule has 0 radical (unpaired) electrons. The highest BCUT2D eigenvalue weighted by molar-refractivity contribution is 7.10. The first-order chi connectivity index (χ1) is 14.7. The summed E-state index contributed by atoms with van der Waals surface area (Å²) in [6.45, 7) is 4.01. The summed E-state index contributed by atoms with van der Waals surface area (Å²) in [7, 11) is 0. The van der Waals surface area contributed by atoms with Crippen molar-refractivity contribution < 1.29 is 14.3 Å². The van der Waals surface area contributed by atoms with Crippen molar-refractivity contribution in [2.45, 2.75) is 38.5 Å². The van der Waals surface area contributed by atoms with Gasteiger partial charge in [-0.3, -0.25) is 9.59 Å². The lowest BCUT2D eigenvalue weighted by atomic mass is 9.97. The Morgan fingerprint density at radius 2 is 1.67 bits per heavy atom. The summed E-state index contributed by atoms with van der Waals surface area (Å²) in [6.07, 6.45) is 5.89. The number of nitrogens with zero attached hydrogens (tertiary/aromatic N) is 2. The highest BCUT2D eigenvalue weighted by Crippen LogP contribution is 2.22. The molecule has 0 saturated carbocycles. The summed E-state index contributed by atoms with van der Waals surface area (Å²) < 4.78 is 5.98. The molecule has 0 N–H and O–H groups in total. The van der Waals surface area contributed by atoms with Gasteiger partial charge >= 0.3 is 0 Å². The largest absolute Gasteiger partial charge is 0.493 e. The number of rotatable bonds is 6. The van der Waals surface area contributed by atoms with E-state index in [0.29, 0.717) is 18.9 Å². The fourth-order valence-electron chi connectivity index (χ4n) is 4.21. The summed E-state index contributed by atoms with van der Waals surface area (Å²) in [6, 6.07) is 11.6. The molecule has 4 rings (SSSR count). The van der Waals surface area contributed by atoms with Crippen LogP contribution in [0.1, 0.15) is 47.3 Å². The van der Waals surface area contributed by atoms with Crippen LogP contribution < -0.4 is 4.74 Å². The van der Waals surface area contributed by atoms with Crippen molar-refractivity contribution in [2.24, 2.45) is 5.92 Å². The smallest absolute Gasteiger partial charge is 0.253 e. The summed E-state index contributed by atoms with van der Waals surface area (Å²) in [5, 5.41) is 2.02. The van der Waals surface area contributed by atoms with Crippen LogP contribution in [0.15, 0.2) is 41.8 Å². The third-order valence-corrected chi connectivity index (χ3v) is 6.98. The predicted octanol–water partition coefficient (Wildman–Crippen LogP) is 4.23. The number of benzene rings is 1. The monoisotopic (exact) mass is 426 g/mol. The van der Waals surface area contributed by atoms with Crippen LogP contribution in [0.2, 0.25) is 0 Å².